The van der Waals surface area contributed by atoms with Gasteiger partial charge < -0.3 is 0 Å². The van der Waals surface area contributed by atoms with Crippen molar-refractivity contribution in [1.82, 2.24) is 8.05 Å². The van der Waals surface area contributed by atoms with E-state index in [1.54, 1.807) is 4.34 Å². The number of halogens is 7. The first-order chi connectivity index (χ1) is 8.99. The van der Waals surface area contributed by atoms with Crippen molar-refractivity contribution in [1.29, 1.82) is 0 Å². The van der Waals surface area contributed by atoms with Crippen LogP contribution in [0.15, 0.2) is 0 Å². The summed E-state index contributed by atoms with van der Waals surface area (Å²) in [4.78, 5) is 0. The highest BCUT2D eigenvalue weighted by Crippen LogP contribution is 2.40. The topological polar surface area (TPSA) is 83.6 Å². The Morgan fingerprint density at radius 2 is 1.24 bits per heavy atom. The van der Waals surface area contributed by atoms with Crippen LogP contribution in [0.1, 0.15) is 20.3 Å². The Morgan fingerprint density at radius 3 is 1.38 bits per heavy atom. The molecular formula is C6H9BrF6N2O4S2. The molecule has 0 heterocycles. The van der Waals surface area contributed by atoms with Crippen molar-refractivity contribution in [3.63, 3.8) is 0 Å². The van der Waals surface area contributed by atoms with Gasteiger partial charge in [-0.1, -0.05) is 10.6 Å². The monoisotopic (exact) mass is 430 g/mol. The van der Waals surface area contributed by atoms with Crippen LogP contribution < -0.4 is 4.34 Å². The number of hydrogen-bond donors (Lipinski definition) is 1. The SMILES string of the molecule is CCC(C)(NBr)N(S(=O)(=O)C(F)(F)F)S(=O)(=O)C(F)(F)F. The fourth-order valence-corrected chi connectivity index (χ4v) is 5.10. The summed E-state index contributed by atoms with van der Waals surface area (Å²) in [6.07, 6.45) is -0.733. The molecule has 0 saturated heterocycles. The van der Waals surface area contributed by atoms with E-state index in [0.29, 0.717) is 6.92 Å². The predicted molar refractivity (Wildman–Crippen MR) is 62.5 cm³/mol. The smallest absolute Gasteiger partial charge is 0.235 e. The largest absolute Gasteiger partial charge is 0.512 e. The molecule has 128 valence electrons. The molecule has 1 N–H and O–H groups in total. The van der Waals surface area contributed by atoms with Crippen LogP contribution in [-0.2, 0) is 20.0 Å². The molecule has 0 saturated carbocycles. The fourth-order valence-electron chi connectivity index (χ4n) is 1.08. The van der Waals surface area contributed by atoms with E-state index in [1.165, 1.54) is 0 Å². The van der Waals surface area contributed by atoms with E-state index in [9.17, 15) is 43.2 Å². The lowest BCUT2D eigenvalue weighted by atomic mass is 10.2. The lowest BCUT2D eigenvalue weighted by Crippen LogP contribution is -2.63. The third-order valence-corrected chi connectivity index (χ3v) is 7.20. The van der Waals surface area contributed by atoms with Gasteiger partial charge in [0.25, 0.3) is 0 Å². The van der Waals surface area contributed by atoms with Gasteiger partial charge in [-0.3, -0.25) is 0 Å². The van der Waals surface area contributed by atoms with Crippen LogP contribution in [-0.4, -0.2) is 37.2 Å². The number of sulfonamides is 2. The summed E-state index contributed by atoms with van der Waals surface area (Å²) in [5, 5.41) is 0. The second-order valence-corrected chi connectivity index (χ2v) is 8.00. The highest BCUT2D eigenvalue weighted by Gasteiger charge is 2.66. The molecule has 1 unspecified atom stereocenters. The maximum Gasteiger partial charge on any atom is 0.512 e. The van der Waals surface area contributed by atoms with Crippen LogP contribution in [0.2, 0.25) is 0 Å². The lowest BCUT2D eigenvalue weighted by molar-refractivity contribution is -0.0570. The summed E-state index contributed by atoms with van der Waals surface area (Å²) in [5.74, 6) is 0. The lowest BCUT2D eigenvalue weighted by Gasteiger charge is -2.37. The number of nitrogens with zero attached hydrogens (tertiary/aromatic N) is 1. The van der Waals surface area contributed by atoms with E-state index >= 15 is 0 Å². The van der Waals surface area contributed by atoms with Crippen LogP contribution >= 0.6 is 16.1 Å². The third kappa shape index (κ3) is 3.62. The van der Waals surface area contributed by atoms with Gasteiger partial charge in [-0.2, -0.15) is 26.3 Å². The van der Waals surface area contributed by atoms with Crippen LogP contribution in [0.4, 0.5) is 26.3 Å². The van der Waals surface area contributed by atoms with Gasteiger partial charge in [0.1, 0.15) is 5.66 Å². The molecule has 0 aliphatic rings. The number of alkyl halides is 6. The Hall–Kier alpha value is -0.120. The molecule has 0 fully saturated rings. The van der Waals surface area contributed by atoms with Crippen molar-refractivity contribution in [2.45, 2.75) is 36.9 Å². The van der Waals surface area contributed by atoms with Gasteiger partial charge in [-0.05, 0) is 13.3 Å². The quantitative estimate of drug-likeness (QED) is 0.409. The molecule has 0 aliphatic heterocycles. The summed E-state index contributed by atoms with van der Waals surface area (Å²) in [6.45, 7) is 1.52. The molecule has 15 heteroatoms. The third-order valence-electron chi connectivity index (χ3n) is 2.32. The van der Waals surface area contributed by atoms with Crippen LogP contribution in [0.5, 0.6) is 0 Å². The Morgan fingerprint density at radius 1 is 0.952 bits per heavy atom. The number of hydrogen-bond acceptors (Lipinski definition) is 5. The minimum absolute atomic E-state index is 0.536. The number of nitrogens with one attached hydrogen (secondary N) is 1. The molecule has 0 amide bonds. The first kappa shape index (κ1) is 20.9. The summed E-state index contributed by atoms with van der Waals surface area (Å²) >= 11 is 2.30. The van der Waals surface area contributed by atoms with Crippen LogP contribution in [0.25, 0.3) is 0 Å². The average molecular weight is 431 g/mol. The zero-order valence-electron chi connectivity index (χ0n) is 10.2. The molecule has 21 heavy (non-hydrogen) atoms. The molecule has 0 bridgehead atoms. The highest BCUT2D eigenvalue weighted by molar-refractivity contribution is 9.08. The molecule has 6 nitrogen and oxygen atoms in total. The number of rotatable bonds is 5. The Kier molecular flexibility index (Phi) is 5.79. The maximum atomic E-state index is 12.5. The van der Waals surface area contributed by atoms with E-state index in [0.717, 1.165) is 6.92 Å². The molecule has 1 atom stereocenters. The summed E-state index contributed by atoms with van der Waals surface area (Å²) in [7, 11) is -13.7. The van der Waals surface area contributed by atoms with Crippen molar-refractivity contribution in [2.24, 2.45) is 0 Å². The molecule has 0 aromatic rings. The van der Waals surface area contributed by atoms with Crippen molar-refractivity contribution in [2.75, 3.05) is 0 Å². The van der Waals surface area contributed by atoms with E-state index in [-0.39, 0.29) is 0 Å². The second kappa shape index (κ2) is 5.82. The minimum Gasteiger partial charge on any atom is -0.235 e. The maximum absolute atomic E-state index is 12.5. The summed E-state index contributed by atoms with van der Waals surface area (Å²) in [6, 6.07) is 0. The zero-order valence-corrected chi connectivity index (χ0v) is 13.5. The van der Waals surface area contributed by atoms with Gasteiger partial charge in [0.15, 0.2) is 0 Å². The molecule has 0 aliphatic carbocycles. The van der Waals surface area contributed by atoms with E-state index in [2.05, 4.69) is 16.1 Å². The Labute approximate surface area is 124 Å². The normalized spacial score (nSPS) is 17.8. The summed E-state index contributed by atoms with van der Waals surface area (Å²) < 4.78 is 120. The van der Waals surface area contributed by atoms with Gasteiger partial charge >= 0.3 is 31.1 Å². The van der Waals surface area contributed by atoms with E-state index in [4.69, 9.17) is 0 Å². The Bertz CT molecular complexity index is 535. The highest BCUT2D eigenvalue weighted by atomic mass is 79.9. The molecule has 0 rings (SSSR count). The first-order valence-corrected chi connectivity index (χ1v) is 8.47. The van der Waals surface area contributed by atoms with Crippen molar-refractivity contribution in [3.8, 4) is 0 Å². The van der Waals surface area contributed by atoms with Gasteiger partial charge in [-0.25, -0.2) is 21.2 Å². The standard InChI is InChI=1S/C6H9BrF6N2O4S2/c1-3-4(2,14-7)15(20(16,17)5(8,9)10)21(18,19)6(11,12)13/h14H,3H2,1-2H3. The second-order valence-electron chi connectivity index (χ2n) is 3.82. The van der Waals surface area contributed by atoms with Gasteiger partial charge in [-0.15, -0.1) is 0 Å². The molecule has 0 radical (unpaired) electrons. The molecular weight excluding hydrogens is 422 g/mol. The Balaban J connectivity index is 6.64. The minimum atomic E-state index is -6.83. The van der Waals surface area contributed by atoms with Crippen molar-refractivity contribution < 1.29 is 43.2 Å². The fraction of sp³-hybridized carbons (Fsp3) is 1.00. The van der Waals surface area contributed by atoms with Crippen molar-refractivity contribution in [3.05, 3.63) is 0 Å². The van der Waals surface area contributed by atoms with Gasteiger partial charge in [0.05, 0.1) is 0 Å². The average Bonchev–Trinajstić information content (AvgIpc) is 2.25. The predicted octanol–water partition coefficient (Wildman–Crippen LogP) is 2.01. The van der Waals surface area contributed by atoms with Gasteiger partial charge in [0, 0.05) is 16.1 Å². The van der Waals surface area contributed by atoms with Crippen LogP contribution in [0.3, 0.4) is 0 Å². The summed E-state index contributed by atoms with van der Waals surface area (Å²) in [5.41, 5.74) is -15.2. The van der Waals surface area contributed by atoms with Gasteiger partial charge in [0.2, 0.25) is 0 Å². The molecule has 0 spiro atoms. The molecule has 0 aromatic carbocycles. The first-order valence-electron chi connectivity index (χ1n) is 4.80. The van der Waals surface area contributed by atoms with E-state index in [1.807, 2.05) is 0 Å². The van der Waals surface area contributed by atoms with Crippen molar-refractivity contribution >= 4 is 36.2 Å². The zero-order chi connectivity index (χ0) is 17.5. The van der Waals surface area contributed by atoms with E-state index < -0.39 is 46.9 Å². The molecule has 0 aromatic heterocycles. The van der Waals surface area contributed by atoms with Crippen LogP contribution in [0, 0.1) is 0 Å².